The minimum absolute atomic E-state index is 0.0487. The number of H-pyrrole nitrogens is 1. The van der Waals surface area contributed by atoms with Crippen molar-refractivity contribution in [3.63, 3.8) is 0 Å². The van der Waals surface area contributed by atoms with Crippen molar-refractivity contribution in [2.24, 2.45) is 5.73 Å². The number of nitrogens with one attached hydrogen (secondary N) is 1. The summed E-state index contributed by atoms with van der Waals surface area (Å²) in [6, 6.07) is 20.1. The van der Waals surface area contributed by atoms with E-state index >= 15 is 0 Å². The van der Waals surface area contributed by atoms with E-state index in [2.05, 4.69) is 4.98 Å². The quantitative estimate of drug-likeness (QED) is 0.754. The van der Waals surface area contributed by atoms with Crippen molar-refractivity contribution in [3.05, 3.63) is 66.5 Å². The summed E-state index contributed by atoms with van der Waals surface area (Å²) in [5, 5.41) is 0. The Hall–Kier alpha value is -2.88. The fourth-order valence-electron chi connectivity index (χ4n) is 2.64. The lowest BCUT2D eigenvalue weighted by Gasteiger charge is -2.04. The molecule has 116 valence electrons. The zero-order valence-electron chi connectivity index (χ0n) is 13.0. The first-order valence-corrected chi connectivity index (χ1v) is 7.64. The molecular weight excluding hydrogens is 286 g/mol. The van der Waals surface area contributed by atoms with Gasteiger partial charge in [0.05, 0.1) is 11.4 Å². The molecule has 3 rings (SSSR count). The van der Waals surface area contributed by atoms with Crippen molar-refractivity contribution >= 4 is 5.91 Å². The summed E-state index contributed by atoms with van der Waals surface area (Å²) >= 11 is 0. The van der Waals surface area contributed by atoms with Gasteiger partial charge in [0.25, 0.3) is 0 Å². The molecule has 0 radical (unpaired) electrons. The van der Waals surface area contributed by atoms with Crippen LogP contribution in [-0.2, 0) is 4.79 Å². The number of imidazole rings is 1. The number of benzene rings is 2. The number of hydrogen-bond donors (Lipinski definition) is 2. The molecule has 0 saturated carbocycles. The second-order valence-corrected chi connectivity index (χ2v) is 5.65. The van der Waals surface area contributed by atoms with E-state index in [0.717, 1.165) is 28.3 Å². The van der Waals surface area contributed by atoms with Crippen molar-refractivity contribution in [2.75, 3.05) is 0 Å². The SMILES string of the molecule is CC(CC(N)=O)c1nc(-c2ccccc2)c(-c2ccccc2)[nH]1. The minimum atomic E-state index is -0.323. The molecule has 2 aromatic carbocycles. The van der Waals surface area contributed by atoms with E-state index in [9.17, 15) is 4.79 Å². The summed E-state index contributed by atoms with van der Waals surface area (Å²) in [7, 11) is 0. The average Bonchev–Trinajstić information content (AvgIpc) is 3.01. The zero-order valence-corrected chi connectivity index (χ0v) is 13.0. The Morgan fingerprint density at radius 1 is 1.04 bits per heavy atom. The Morgan fingerprint density at radius 2 is 1.61 bits per heavy atom. The third kappa shape index (κ3) is 3.31. The number of rotatable bonds is 5. The highest BCUT2D eigenvalue weighted by Gasteiger charge is 2.18. The maximum atomic E-state index is 11.2. The fraction of sp³-hybridized carbons (Fsp3) is 0.158. The summed E-state index contributed by atoms with van der Waals surface area (Å²) in [4.78, 5) is 19.3. The highest BCUT2D eigenvalue weighted by molar-refractivity contribution is 5.79. The molecule has 0 fully saturated rings. The minimum Gasteiger partial charge on any atom is -0.370 e. The summed E-state index contributed by atoms with van der Waals surface area (Å²) in [6.45, 7) is 1.95. The molecule has 0 aliphatic carbocycles. The van der Waals surface area contributed by atoms with Crippen LogP contribution in [-0.4, -0.2) is 15.9 Å². The normalized spacial score (nSPS) is 12.0. The van der Waals surface area contributed by atoms with Crippen molar-refractivity contribution < 1.29 is 4.79 Å². The van der Waals surface area contributed by atoms with E-state index < -0.39 is 0 Å². The van der Waals surface area contributed by atoms with Gasteiger partial charge in [-0.25, -0.2) is 4.98 Å². The number of amides is 1. The molecule has 23 heavy (non-hydrogen) atoms. The molecule has 1 heterocycles. The fourth-order valence-corrected chi connectivity index (χ4v) is 2.64. The van der Waals surface area contributed by atoms with Gasteiger partial charge in [0, 0.05) is 23.5 Å². The van der Waals surface area contributed by atoms with Gasteiger partial charge < -0.3 is 10.7 Å². The Kier molecular flexibility index (Phi) is 4.24. The van der Waals surface area contributed by atoms with Crippen LogP contribution in [0.15, 0.2) is 60.7 Å². The van der Waals surface area contributed by atoms with Crippen molar-refractivity contribution in [1.29, 1.82) is 0 Å². The standard InChI is InChI=1S/C19H19N3O/c1-13(12-16(20)23)19-21-17(14-8-4-2-5-9-14)18(22-19)15-10-6-3-7-11-15/h2-11,13H,12H2,1H3,(H2,20,23)(H,21,22). The van der Waals surface area contributed by atoms with E-state index in [1.165, 1.54) is 0 Å². The first-order valence-electron chi connectivity index (χ1n) is 7.64. The van der Waals surface area contributed by atoms with E-state index in [4.69, 9.17) is 10.7 Å². The van der Waals surface area contributed by atoms with Gasteiger partial charge in [-0.2, -0.15) is 0 Å². The van der Waals surface area contributed by atoms with Gasteiger partial charge in [-0.3, -0.25) is 4.79 Å². The number of aromatic amines is 1. The van der Waals surface area contributed by atoms with Crippen molar-refractivity contribution in [2.45, 2.75) is 19.3 Å². The number of nitrogens with zero attached hydrogens (tertiary/aromatic N) is 1. The van der Waals surface area contributed by atoms with Crippen LogP contribution in [0.3, 0.4) is 0 Å². The third-order valence-corrected chi connectivity index (χ3v) is 3.81. The van der Waals surface area contributed by atoms with E-state index in [1.807, 2.05) is 67.6 Å². The number of hydrogen-bond acceptors (Lipinski definition) is 2. The van der Waals surface area contributed by atoms with Gasteiger partial charge in [-0.15, -0.1) is 0 Å². The van der Waals surface area contributed by atoms with Crippen LogP contribution in [0.1, 0.15) is 25.1 Å². The molecule has 0 bridgehead atoms. The molecule has 0 aliphatic rings. The topological polar surface area (TPSA) is 71.8 Å². The Balaban J connectivity index is 2.09. The van der Waals surface area contributed by atoms with Gasteiger partial charge in [-0.05, 0) is 0 Å². The first-order chi connectivity index (χ1) is 11.1. The summed E-state index contributed by atoms with van der Waals surface area (Å²) < 4.78 is 0. The van der Waals surface area contributed by atoms with Crippen LogP contribution in [0.2, 0.25) is 0 Å². The van der Waals surface area contributed by atoms with Crippen LogP contribution in [0.5, 0.6) is 0 Å². The monoisotopic (exact) mass is 305 g/mol. The highest BCUT2D eigenvalue weighted by atomic mass is 16.1. The van der Waals surface area contributed by atoms with Crippen LogP contribution in [0, 0.1) is 0 Å². The predicted octanol–water partition coefficient (Wildman–Crippen LogP) is 3.72. The second kappa shape index (κ2) is 6.48. The zero-order chi connectivity index (χ0) is 16.2. The molecule has 3 N–H and O–H groups in total. The summed E-state index contributed by atoms with van der Waals surface area (Å²) in [5.41, 5.74) is 9.28. The molecule has 0 saturated heterocycles. The molecule has 4 heteroatoms. The van der Waals surface area contributed by atoms with Gasteiger partial charge in [0.1, 0.15) is 5.82 Å². The molecule has 3 aromatic rings. The number of primary amides is 1. The number of carbonyl (C=O) groups is 1. The number of nitrogens with two attached hydrogens (primary N) is 1. The van der Waals surface area contributed by atoms with Crippen LogP contribution >= 0.6 is 0 Å². The maximum absolute atomic E-state index is 11.2. The number of carbonyl (C=O) groups excluding carboxylic acids is 1. The van der Waals surface area contributed by atoms with Crippen molar-refractivity contribution in [3.8, 4) is 22.5 Å². The predicted molar refractivity (Wildman–Crippen MR) is 91.7 cm³/mol. The van der Waals surface area contributed by atoms with E-state index in [1.54, 1.807) is 0 Å². The molecule has 1 atom stereocenters. The van der Waals surface area contributed by atoms with Crippen molar-refractivity contribution in [1.82, 2.24) is 9.97 Å². The molecule has 0 spiro atoms. The number of aromatic nitrogens is 2. The molecule has 0 aliphatic heterocycles. The average molecular weight is 305 g/mol. The Morgan fingerprint density at radius 3 is 2.17 bits per heavy atom. The van der Waals surface area contributed by atoms with Gasteiger partial charge in [0.15, 0.2) is 0 Å². The van der Waals surface area contributed by atoms with E-state index in [-0.39, 0.29) is 18.2 Å². The molecule has 1 amide bonds. The smallest absolute Gasteiger partial charge is 0.218 e. The molecule has 1 unspecified atom stereocenters. The van der Waals surface area contributed by atoms with Gasteiger partial charge in [-0.1, -0.05) is 67.6 Å². The summed E-state index contributed by atoms with van der Waals surface area (Å²) in [5.74, 6) is 0.408. The molecule has 4 nitrogen and oxygen atoms in total. The molecular formula is C19H19N3O. The first kappa shape index (κ1) is 15.0. The third-order valence-electron chi connectivity index (χ3n) is 3.81. The highest BCUT2D eigenvalue weighted by Crippen LogP contribution is 2.32. The lowest BCUT2D eigenvalue weighted by molar-refractivity contribution is -0.118. The molecule has 1 aromatic heterocycles. The Bertz CT molecular complexity index is 737. The largest absolute Gasteiger partial charge is 0.370 e. The van der Waals surface area contributed by atoms with Crippen LogP contribution < -0.4 is 5.73 Å². The second-order valence-electron chi connectivity index (χ2n) is 5.65. The van der Waals surface area contributed by atoms with Gasteiger partial charge >= 0.3 is 0 Å². The maximum Gasteiger partial charge on any atom is 0.218 e. The Labute approximate surface area is 135 Å². The van der Waals surface area contributed by atoms with Crippen LogP contribution in [0.4, 0.5) is 0 Å². The van der Waals surface area contributed by atoms with Crippen LogP contribution in [0.25, 0.3) is 22.5 Å². The summed E-state index contributed by atoms with van der Waals surface area (Å²) in [6.07, 6.45) is 0.274. The van der Waals surface area contributed by atoms with E-state index in [0.29, 0.717) is 0 Å². The van der Waals surface area contributed by atoms with Gasteiger partial charge in [0.2, 0.25) is 5.91 Å². The lowest BCUT2D eigenvalue weighted by atomic mass is 10.1. The lowest BCUT2D eigenvalue weighted by Crippen LogP contribution is -2.14.